The van der Waals surface area contributed by atoms with Crippen molar-refractivity contribution in [2.45, 2.75) is 70.3 Å². The molecule has 1 aliphatic carbocycles. The molecule has 0 aromatic rings. The van der Waals surface area contributed by atoms with Gasteiger partial charge >= 0.3 is 5.97 Å². The van der Waals surface area contributed by atoms with Crippen molar-refractivity contribution in [1.82, 2.24) is 4.90 Å². The molecule has 0 amide bonds. The van der Waals surface area contributed by atoms with Gasteiger partial charge in [0.15, 0.2) is 0 Å². The Morgan fingerprint density at radius 3 is 2.28 bits per heavy atom. The molecule has 0 bridgehead atoms. The van der Waals surface area contributed by atoms with Crippen molar-refractivity contribution in [3.05, 3.63) is 0 Å². The Kier molecular flexibility index (Phi) is 5.48. The van der Waals surface area contributed by atoms with Gasteiger partial charge in [-0.1, -0.05) is 38.5 Å². The predicted molar refractivity (Wildman–Crippen MR) is 72.7 cm³/mol. The van der Waals surface area contributed by atoms with Crippen LogP contribution in [0.2, 0.25) is 0 Å². The topological polar surface area (TPSA) is 40.5 Å². The van der Waals surface area contributed by atoms with E-state index in [0.717, 1.165) is 25.4 Å². The van der Waals surface area contributed by atoms with Gasteiger partial charge in [-0.2, -0.15) is 0 Å². The molecule has 3 nitrogen and oxygen atoms in total. The van der Waals surface area contributed by atoms with E-state index in [-0.39, 0.29) is 0 Å². The van der Waals surface area contributed by atoms with E-state index in [4.69, 9.17) is 5.11 Å². The summed E-state index contributed by atoms with van der Waals surface area (Å²) in [5.41, 5.74) is 0. The second kappa shape index (κ2) is 7.13. The van der Waals surface area contributed by atoms with Gasteiger partial charge in [-0.25, -0.2) is 0 Å². The number of aliphatic carboxylic acids is 1. The number of likely N-dealkylation sites (tertiary alicyclic amines) is 1. The lowest BCUT2D eigenvalue weighted by Crippen LogP contribution is -2.41. The molecule has 2 rings (SSSR count). The Balaban J connectivity index is 1.88. The largest absolute Gasteiger partial charge is 0.481 e. The van der Waals surface area contributed by atoms with Gasteiger partial charge in [-0.05, 0) is 38.3 Å². The molecule has 1 heterocycles. The summed E-state index contributed by atoms with van der Waals surface area (Å²) in [5, 5.41) is 9.12. The Hall–Kier alpha value is -0.570. The van der Waals surface area contributed by atoms with Crippen LogP contribution in [0.25, 0.3) is 0 Å². The van der Waals surface area contributed by atoms with Crippen molar-refractivity contribution >= 4 is 5.97 Å². The fourth-order valence-electron chi connectivity index (χ4n) is 3.65. The fraction of sp³-hybridized carbons (Fsp3) is 0.933. The summed E-state index contributed by atoms with van der Waals surface area (Å²) in [6, 6.07) is 0.297. The number of hydrogen-bond donors (Lipinski definition) is 1. The zero-order valence-electron chi connectivity index (χ0n) is 11.4. The SMILES string of the molecule is O=C(O)CC(CC1CCCCC1)N1CCCCC1. The van der Waals surface area contributed by atoms with Gasteiger partial charge in [0.1, 0.15) is 0 Å². The summed E-state index contributed by atoms with van der Waals surface area (Å²) in [4.78, 5) is 13.5. The number of carboxylic acids is 1. The third-order valence-electron chi connectivity index (χ3n) is 4.65. The summed E-state index contributed by atoms with van der Waals surface area (Å²) in [6.07, 6.45) is 12.0. The molecular weight excluding hydrogens is 226 g/mol. The first-order valence-electron chi connectivity index (χ1n) is 7.71. The lowest BCUT2D eigenvalue weighted by molar-refractivity contribution is -0.138. The van der Waals surface area contributed by atoms with E-state index in [1.54, 1.807) is 0 Å². The highest BCUT2D eigenvalue weighted by Crippen LogP contribution is 2.30. The summed E-state index contributed by atoms with van der Waals surface area (Å²) >= 11 is 0. The first kappa shape index (κ1) is 13.9. The van der Waals surface area contributed by atoms with E-state index in [1.165, 1.54) is 51.4 Å². The molecule has 1 unspecified atom stereocenters. The number of rotatable bonds is 5. The minimum absolute atomic E-state index is 0.297. The molecule has 2 fully saturated rings. The standard InChI is InChI=1S/C15H27NO2/c17-15(18)12-14(16-9-5-2-6-10-16)11-13-7-3-1-4-8-13/h13-14H,1-12H2,(H,17,18). The molecule has 2 aliphatic rings. The zero-order chi connectivity index (χ0) is 12.8. The molecule has 0 spiro atoms. The number of carbonyl (C=O) groups is 1. The van der Waals surface area contributed by atoms with E-state index < -0.39 is 5.97 Å². The maximum atomic E-state index is 11.1. The Labute approximate surface area is 111 Å². The second-order valence-corrected chi connectivity index (χ2v) is 6.09. The van der Waals surface area contributed by atoms with Crippen molar-refractivity contribution in [2.75, 3.05) is 13.1 Å². The molecular formula is C15H27NO2. The lowest BCUT2D eigenvalue weighted by atomic mass is 9.83. The first-order valence-corrected chi connectivity index (χ1v) is 7.71. The number of piperidine rings is 1. The summed E-state index contributed by atoms with van der Waals surface area (Å²) in [7, 11) is 0. The van der Waals surface area contributed by atoms with Crippen LogP contribution in [0.1, 0.15) is 64.2 Å². The van der Waals surface area contributed by atoms with Crippen LogP contribution in [-0.2, 0) is 4.79 Å². The van der Waals surface area contributed by atoms with E-state index in [2.05, 4.69) is 4.90 Å². The van der Waals surface area contributed by atoms with Gasteiger partial charge in [0, 0.05) is 6.04 Å². The summed E-state index contributed by atoms with van der Waals surface area (Å²) in [6.45, 7) is 2.23. The van der Waals surface area contributed by atoms with Crippen LogP contribution >= 0.6 is 0 Å². The first-order chi connectivity index (χ1) is 8.75. The number of carboxylic acid groups (broad SMARTS) is 1. The van der Waals surface area contributed by atoms with Crippen molar-refractivity contribution < 1.29 is 9.90 Å². The molecule has 1 N–H and O–H groups in total. The maximum Gasteiger partial charge on any atom is 0.304 e. The predicted octanol–water partition coefficient (Wildman–Crippen LogP) is 3.29. The highest BCUT2D eigenvalue weighted by Gasteiger charge is 2.26. The van der Waals surface area contributed by atoms with Crippen LogP contribution in [0.3, 0.4) is 0 Å². The molecule has 104 valence electrons. The molecule has 1 atom stereocenters. The van der Waals surface area contributed by atoms with Gasteiger partial charge in [0.2, 0.25) is 0 Å². The van der Waals surface area contributed by atoms with E-state index in [1.807, 2.05) is 0 Å². The average Bonchev–Trinajstić information content (AvgIpc) is 2.40. The monoisotopic (exact) mass is 253 g/mol. The Morgan fingerprint density at radius 2 is 1.67 bits per heavy atom. The second-order valence-electron chi connectivity index (χ2n) is 6.09. The normalized spacial score (nSPS) is 24.9. The highest BCUT2D eigenvalue weighted by atomic mass is 16.4. The van der Waals surface area contributed by atoms with Crippen molar-refractivity contribution in [1.29, 1.82) is 0 Å². The third kappa shape index (κ3) is 4.27. The molecule has 0 radical (unpaired) electrons. The van der Waals surface area contributed by atoms with Crippen LogP contribution < -0.4 is 0 Å². The fourth-order valence-corrected chi connectivity index (χ4v) is 3.65. The molecule has 0 aromatic carbocycles. The van der Waals surface area contributed by atoms with E-state index in [9.17, 15) is 4.79 Å². The molecule has 1 saturated carbocycles. The van der Waals surface area contributed by atoms with Gasteiger partial charge in [-0.15, -0.1) is 0 Å². The summed E-state index contributed by atoms with van der Waals surface area (Å²) in [5.74, 6) is 0.159. The molecule has 18 heavy (non-hydrogen) atoms. The van der Waals surface area contributed by atoms with Gasteiger partial charge in [0.25, 0.3) is 0 Å². The third-order valence-corrected chi connectivity index (χ3v) is 4.65. The lowest BCUT2D eigenvalue weighted by Gasteiger charge is -2.36. The highest BCUT2D eigenvalue weighted by molar-refractivity contribution is 5.67. The van der Waals surface area contributed by atoms with Crippen LogP contribution in [0, 0.1) is 5.92 Å². The van der Waals surface area contributed by atoms with Crippen molar-refractivity contribution in [3.8, 4) is 0 Å². The Bertz CT molecular complexity index is 255. The van der Waals surface area contributed by atoms with Gasteiger partial charge < -0.3 is 5.11 Å². The molecule has 3 heteroatoms. The minimum Gasteiger partial charge on any atom is -0.481 e. The van der Waals surface area contributed by atoms with E-state index in [0.29, 0.717) is 12.5 Å². The van der Waals surface area contributed by atoms with Gasteiger partial charge in [-0.3, -0.25) is 9.69 Å². The molecule has 1 aliphatic heterocycles. The van der Waals surface area contributed by atoms with Crippen LogP contribution in [0.4, 0.5) is 0 Å². The molecule has 1 saturated heterocycles. The van der Waals surface area contributed by atoms with Crippen LogP contribution in [0.15, 0.2) is 0 Å². The maximum absolute atomic E-state index is 11.1. The van der Waals surface area contributed by atoms with Crippen LogP contribution in [-0.4, -0.2) is 35.1 Å². The molecule has 0 aromatic heterocycles. The zero-order valence-corrected chi connectivity index (χ0v) is 11.4. The summed E-state index contributed by atoms with van der Waals surface area (Å²) < 4.78 is 0. The van der Waals surface area contributed by atoms with Crippen molar-refractivity contribution in [3.63, 3.8) is 0 Å². The average molecular weight is 253 g/mol. The van der Waals surface area contributed by atoms with Crippen LogP contribution in [0.5, 0.6) is 0 Å². The quantitative estimate of drug-likeness (QED) is 0.817. The Morgan fingerprint density at radius 1 is 1.06 bits per heavy atom. The minimum atomic E-state index is -0.624. The van der Waals surface area contributed by atoms with Crippen molar-refractivity contribution in [2.24, 2.45) is 5.92 Å². The number of hydrogen-bond acceptors (Lipinski definition) is 2. The van der Waals surface area contributed by atoms with E-state index >= 15 is 0 Å². The smallest absolute Gasteiger partial charge is 0.304 e. The number of nitrogens with zero attached hydrogens (tertiary/aromatic N) is 1. The van der Waals surface area contributed by atoms with Gasteiger partial charge in [0.05, 0.1) is 6.42 Å².